The summed E-state index contributed by atoms with van der Waals surface area (Å²) in [4.78, 5) is 2.66. The summed E-state index contributed by atoms with van der Waals surface area (Å²) in [5.74, 6) is 4.16. The van der Waals surface area contributed by atoms with Crippen LogP contribution in [0.15, 0.2) is 12.7 Å². The highest BCUT2D eigenvalue weighted by molar-refractivity contribution is 5.07. The molecular formula is C16H26N2. The summed E-state index contributed by atoms with van der Waals surface area (Å²) in [6, 6.07) is 1.69. The van der Waals surface area contributed by atoms with Gasteiger partial charge in [0.2, 0.25) is 0 Å². The third-order valence-electron chi connectivity index (χ3n) is 6.42. The van der Waals surface area contributed by atoms with Gasteiger partial charge in [0.25, 0.3) is 0 Å². The fourth-order valence-electron chi connectivity index (χ4n) is 5.84. The van der Waals surface area contributed by atoms with Crippen LogP contribution in [0.4, 0.5) is 0 Å². The molecule has 4 fully saturated rings. The molecule has 0 bridgehead atoms. The predicted octanol–water partition coefficient (Wildman–Crippen LogP) is 2.62. The van der Waals surface area contributed by atoms with Crippen molar-refractivity contribution >= 4 is 0 Å². The molecule has 3 aliphatic carbocycles. The van der Waals surface area contributed by atoms with Gasteiger partial charge >= 0.3 is 0 Å². The van der Waals surface area contributed by atoms with Gasteiger partial charge in [0, 0.05) is 25.3 Å². The van der Waals surface area contributed by atoms with Crippen LogP contribution >= 0.6 is 0 Å². The molecule has 0 aromatic rings. The van der Waals surface area contributed by atoms with Crippen molar-refractivity contribution < 1.29 is 0 Å². The predicted molar refractivity (Wildman–Crippen MR) is 74.1 cm³/mol. The number of rotatable bonds is 2. The molecule has 6 unspecified atom stereocenters. The molecule has 0 radical (unpaired) electrons. The molecule has 0 aromatic heterocycles. The summed E-state index contributed by atoms with van der Waals surface area (Å²) in [7, 11) is 0. The van der Waals surface area contributed by atoms with Gasteiger partial charge < -0.3 is 5.32 Å². The van der Waals surface area contributed by atoms with E-state index in [0.717, 1.165) is 49.0 Å². The normalized spacial score (nSPS) is 50.9. The van der Waals surface area contributed by atoms with E-state index in [4.69, 9.17) is 0 Å². The van der Waals surface area contributed by atoms with Crippen LogP contribution in [0.25, 0.3) is 0 Å². The third kappa shape index (κ3) is 1.55. The van der Waals surface area contributed by atoms with Gasteiger partial charge in [-0.25, -0.2) is 0 Å². The summed E-state index contributed by atoms with van der Waals surface area (Å²) >= 11 is 0. The Bertz CT molecular complexity index is 334. The van der Waals surface area contributed by atoms with Crippen LogP contribution < -0.4 is 5.32 Å². The van der Waals surface area contributed by atoms with Crippen molar-refractivity contribution in [2.45, 2.75) is 50.6 Å². The van der Waals surface area contributed by atoms with Crippen molar-refractivity contribution in [3.05, 3.63) is 12.7 Å². The first-order valence-electron chi connectivity index (χ1n) is 7.97. The Morgan fingerprint density at radius 1 is 1.00 bits per heavy atom. The molecule has 1 saturated heterocycles. The molecule has 0 aromatic carbocycles. The summed E-state index contributed by atoms with van der Waals surface area (Å²) in [6.45, 7) is 6.11. The highest BCUT2D eigenvalue weighted by Crippen LogP contribution is 2.56. The molecule has 0 amide bonds. The minimum Gasteiger partial charge on any atom is -0.301 e. The topological polar surface area (TPSA) is 15.3 Å². The lowest BCUT2D eigenvalue weighted by atomic mass is 9.60. The van der Waals surface area contributed by atoms with Crippen LogP contribution in [-0.4, -0.2) is 30.2 Å². The van der Waals surface area contributed by atoms with Crippen LogP contribution in [0.5, 0.6) is 0 Å². The number of nitrogens with one attached hydrogen (secondary N) is 1. The van der Waals surface area contributed by atoms with Gasteiger partial charge in [0.05, 0.1) is 0 Å². The average Bonchev–Trinajstić information content (AvgIpc) is 2.83. The fourth-order valence-corrected chi connectivity index (χ4v) is 5.84. The van der Waals surface area contributed by atoms with Crippen molar-refractivity contribution in [2.75, 3.05) is 13.2 Å². The van der Waals surface area contributed by atoms with Crippen molar-refractivity contribution in [2.24, 2.45) is 23.7 Å². The van der Waals surface area contributed by atoms with Crippen LogP contribution in [0.1, 0.15) is 38.5 Å². The van der Waals surface area contributed by atoms with Gasteiger partial charge in [-0.1, -0.05) is 6.08 Å². The Morgan fingerprint density at radius 3 is 2.50 bits per heavy atom. The summed E-state index contributed by atoms with van der Waals surface area (Å²) in [6.07, 6.45) is 11.1. The molecule has 18 heavy (non-hydrogen) atoms. The molecular weight excluding hydrogens is 220 g/mol. The molecule has 100 valence electrons. The second-order valence-electron chi connectivity index (χ2n) is 7.00. The molecule has 2 nitrogen and oxygen atoms in total. The third-order valence-corrected chi connectivity index (χ3v) is 6.42. The fraction of sp³-hybridized carbons (Fsp3) is 0.875. The van der Waals surface area contributed by atoms with E-state index in [1.807, 2.05) is 0 Å². The Kier molecular flexibility index (Phi) is 2.77. The monoisotopic (exact) mass is 246 g/mol. The molecule has 1 aliphatic heterocycles. The van der Waals surface area contributed by atoms with Crippen LogP contribution in [-0.2, 0) is 0 Å². The van der Waals surface area contributed by atoms with E-state index in [0.29, 0.717) is 0 Å². The van der Waals surface area contributed by atoms with Gasteiger partial charge in [-0.3, -0.25) is 4.90 Å². The second-order valence-corrected chi connectivity index (χ2v) is 7.00. The second kappa shape index (κ2) is 4.35. The summed E-state index contributed by atoms with van der Waals surface area (Å²) in [5.41, 5.74) is 0. The Morgan fingerprint density at radius 2 is 1.72 bits per heavy atom. The van der Waals surface area contributed by atoms with Gasteiger partial charge in [-0.15, -0.1) is 6.58 Å². The summed E-state index contributed by atoms with van der Waals surface area (Å²) in [5, 5.41) is 3.83. The zero-order valence-electron chi connectivity index (χ0n) is 11.4. The van der Waals surface area contributed by atoms with Gasteiger partial charge in [-0.05, 0) is 62.2 Å². The lowest BCUT2D eigenvalue weighted by molar-refractivity contribution is -0.0510. The van der Waals surface area contributed by atoms with Crippen molar-refractivity contribution in [3.8, 4) is 0 Å². The number of hydrogen-bond acceptors (Lipinski definition) is 2. The minimum atomic E-state index is 0.832. The van der Waals surface area contributed by atoms with E-state index in [1.54, 1.807) is 0 Å². The zero-order valence-corrected chi connectivity index (χ0v) is 11.4. The quantitative estimate of drug-likeness (QED) is 0.754. The average molecular weight is 246 g/mol. The van der Waals surface area contributed by atoms with Crippen molar-refractivity contribution in [1.29, 1.82) is 0 Å². The number of nitrogens with zero attached hydrogens (tertiary/aromatic N) is 1. The molecule has 4 aliphatic rings. The lowest BCUT2D eigenvalue weighted by Crippen LogP contribution is -2.64. The first-order valence-corrected chi connectivity index (χ1v) is 7.97. The van der Waals surface area contributed by atoms with Gasteiger partial charge in [0.1, 0.15) is 0 Å². The Hall–Kier alpha value is -0.340. The van der Waals surface area contributed by atoms with E-state index in [9.17, 15) is 0 Å². The highest BCUT2D eigenvalue weighted by Gasteiger charge is 2.54. The molecule has 4 rings (SSSR count). The first kappa shape index (κ1) is 11.5. The van der Waals surface area contributed by atoms with Crippen LogP contribution in [0, 0.1) is 23.7 Å². The zero-order chi connectivity index (χ0) is 12.1. The van der Waals surface area contributed by atoms with Gasteiger partial charge in [0.15, 0.2) is 0 Å². The molecule has 1 heterocycles. The smallest absolute Gasteiger partial charge is 0.0488 e. The van der Waals surface area contributed by atoms with Crippen molar-refractivity contribution in [3.63, 3.8) is 0 Å². The lowest BCUT2D eigenvalue weighted by Gasteiger charge is -2.56. The van der Waals surface area contributed by atoms with E-state index in [1.165, 1.54) is 38.5 Å². The van der Waals surface area contributed by atoms with E-state index < -0.39 is 0 Å². The Labute approximate surface area is 111 Å². The molecule has 0 spiro atoms. The summed E-state index contributed by atoms with van der Waals surface area (Å²) < 4.78 is 0. The number of hydrogen-bond donors (Lipinski definition) is 1. The molecule has 6 atom stereocenters. The molecule has 2 heteroatoms. The van der Waals surface area contributed by atoms with E-state index in [2.05, 4.69) is 22.9 Å². The minimum absolute atomic E-state index is 0.832. The SMILES string of the molecule is C=CCN1CNC2CCC3CCC4CCC1C2C34. The van der Waals surface area contributed by atoms with Gasteiger partial charge in [-0.2, -0.15) is 0 Å². The molecule has 3 saturated carbocycles. The molecule has 1 N–H and O–H groups in total. The van der Waals surface area contributed by atoms with Crippen LogP contribution in [0.3, 0.4) is 0 Å². The van der Waals surface area contributed by atoms with E-state index >= 15 is 0 Å². The standard InChI is InChI=1S/C16H26N2/c1-2-9-18-10-17-13-7-5-11-3-4-12-6-8-14(18)16(13)15(11)12/h2,11-17H,1,3-10H2. The maximum atomic E-state index is 3.94. The highest BCUT2D eigenvalue weighted by atomic mass is 15.3. The Balaban J connectivity index is 1.64. The van der Waals surface area contributed by atoms with Crippen molar-refractivity contribution in [1.82, 2.24) is 10.2 Å². The maximum absolute atomic E-state index is 3.94. The maximum Gasteiger partial charge on any atom is 0.0488 e. The van der Waals surface area contributed by atoms with E-state index in [-0.39, 0.29) is 0 Å². The largest absolute Gasteiger partial charge is 0.301 e. The van der Waals surface area contributed by atoms with Crippen LogP contribution in [0.2, 0.25) is 0 Å². The first-order chi connectivity index (χ1) is 8.88.